The topological polar surface area (TPSA) is 49.4 Å². The van der Waals surface area contributed by atoms with Crippen LogP contribution in [0.15, 0.2) is 0 Å². The Bertz CT molecular complexity index is 170. The van der Waals surface area contributed by atoms with Gasteiger partial charge in [-0.25, -0.2) is 0 Å². The van der Waals surface area contributed by atoms with E-state index in [2.05, 4.69) is 5.32 Å². The Morgan fingerprint density at radius 1 is 1.73 bits per heavy atom. The van der Waals surface area contributed by atoms with Gasteiger partial charge in [0.2, 0.25) is 12.3 Å². The third-order valence-corrected chi connectivity index (χ3v) is 1.98. The summed E-state index contributed by atoms with van der Waals surface area (Å²) in [5.41, 5.74) is 0. The van der Waals surface area contributed by atoms with E-state index in [1.807, 2.05) is 0 Å². The van der Waals surface area contributed by atoms with E-state index in [-0.39, 0.29) is 11.9 Å². The standard InChI is InChI=1S/C7H12N2O2/c1-8-7(11)6-3-2-4-9(6)5-10/h5-6H,2-4H2,1H3,(H,8,11)/t6-/m0/s1. The van der Waals surface area contributed by atoms with Crippen molar-refractivity contribution in [1.82, 2.24) is 10.2 Å². The van der Waals surface area contributed by atoms with Crippen LogP contribution in [0, 0.1) is 0 Å². The predicted octanol–water partition coefficient (Wildman–Crippen LogP) is -0.647. The van der Waals surface area contributed by atoms with Gasteiger partial charge in [0.05, 0.1) is 0 Å². The highest BCUT2D eigenvalue weighted by molar-refractivity contribution is 5.83. The van der Waals surface area contributed by atoms with Gasteiger partial charge in [0.1, 0.15) is 6.04 Å². The molecule has 1 rings (SSSR count). The number of nitrogens with one attached hydrogen (secondary N) is 1. The van der Waals surface area contributed by atoms with Crippen molar-refractivity contribution in [3.63, 3.8) is 0 Å². The van der Waals surface area contributed by atoms with E-state index in [1.54, 1.807) is 11.9 Å². The number of amides is 2. The molecule has 0 aromatic rings. The molecule has 62 valence electrons. The SMILES string of the molecule is CNC(=O)[C@@H]1CCCN1C=O. The first-order valence-corrected chi connectivity index (χ1v) is 3.72. The normalized spacial score (nSPS) is 23.4. The Balaban J connectivity index is 2.56. The van der Waals surface area contributed by atoms with Crippen LogP contribution >= 0.6 is 0 Å². The third kappa shape index (κ3) is 1.50. The lowest BCUT2D eigenvalue weighted by Gasteiger charge is -2.17. The molecule has 11 heavy (non-hydrogen) atoms. The van der Waals surface area contributed by atoms with E-state index < -0.39 is 0 Å². The Morgan fingerprint density at radius 3 is 3.00 bits per heavy atom. The van der Waals surface area contributed by atoms with Crippen LogP contribution in [-0.4, -0.2) is 36.9 Å². The monoisotopic (exact) mass is 156 g/mol. The van der Waals surface area contributed by atoms with Gasteiger partial charge in [-0.1, -0.05) is 0 Å². The molecular formula is C7H12N2O2. The van der Waals surface area contributed by atoms with Gasteiger partial charge >= 0.3 is 0 Å². The molecule has 4 nitrogen and oxygen atoms in total. The average Bonchev–Trinajstić information content (AvgIpc) is 2.50. The summed E-state index contributed by atoms with van der Waals surface area (Å²) in [5.74, 6) is -0.0606. The number of likely N-dealkylation sites (N-methyl/N-ethyl adjacent to an activating group) is 1. The molecule has 0 aromatic carbocycles. The molecule has 1 fully saturated rings. The molecule has 4 heteroatoms. The number of likely N-dealkylation sites (tertiary alicyclic amines) is 1. The maximum atomic E-state index is 11.1. The van der Waals surface area contributed by atoms with Crippen LogP contribution in [0.5, 0.6) is 0 Å². The first-order valence-electron chi connectivity index (χ1n) is 3.72. The largest absolute Gasteiger partial charge is 0.357 e. The van der Waals surface area contributed by atoms with Crippen LogP contribution in [0.1, 0.15) is 12.8 Å². The van der Waals surface area contributed by atoms with Crippen LogP contribution < -0.4 is 5.32 Å². The average molecular weight is 156 g/mol. The van der Waals surface area contributed by atoms with Crippen LogP contribution in [0.4, 0.5) is 0 Å². The number of hydrogen-bond donors (Lipinski definition) is 1. The summed E-state index contributed by atoms with van der Waals surface area (Å²) in [6, 6.07) is -0.225. The van der Waals surface area contributed by atoms with Gasteiger partial charge in [-0.2, -0.15) is 0 Å². The Kier molecular flexibility index (Phi) is 2.46. The second-order valence-electron chi connectivity index (χ2n) is 2.62. The van der Waals surface area contributed by atoms with Gasteiger partial charge in [0.25, 0.3) is 0 Å². The number of carbonyl (C=O) groups excluding carboxylic acids is 2. The molecule has 1 aliphatic heterocycles. The smallest absolute Gasteiger partial charge is 0.242 e. The minimum atomic E-state index is -0.225. The summed E-state index contributed by atoms with van der Waals surface area (Å²) < 4.78 is 0. The minimum absolute atomic E-state index is 0.0606. The zero-order valence-electron chi connectivity index (χ0n) is 6.54. The molecule has 1 N–H and O–H groups in total. The van der Waals surface area contributed by atoms with Crippen molar-refractivity contribution >= 4 is 12.3 Å². The molecule has 1 heterocycles. The lowest BCUT2D eigenvalue weighted by molar-refractivity contribution is -0.130. The molecule has 0 aromatic heterocycles. The fraction of sp³-hybridized carbons (Fsp3) is 0.714. The van der Waals surface area contributed by atoms with E-state index >= 15 is 0 Å². The van der Waals surface area contributed by atoms with Crippen molar-refractivity contribution < 1.29 is 9.59 Å². The van der Waals surface area contributed by atoms with Crippen molar-refractivity contribution in [2.24, 2.45) is 0 Å². The van der Waals surface area contributed by atoms with Crippen LogP contribution in [0.2, 0.25) is 0 Å². The zero-order chi connectivity index (χ0) is 8.27. The van der Waals surface area contributed by atoms with Gasteiger partial charge < -0.3 is 10.2 Å². The molecule has 0 spiro atoms. The molecule has 1 saturated heterocycles. The predicted molar refractivity (Wildman–Crippen MR) is 39.9 cm³/mol. The van der Waals surface area contributed by atoms with E-state index in [1.165, 1.54) is 0 Å². The summed E-state index contributed by atoms with van der Waals surface area (Å²) in [5, 5.41) is 2.53. The van der Waals surface area contributed by atoms with Crippen LogP contribution in [0.3, 0.4) is 0 Å². The fourth-order valence-electron chi connectivity index (χ4n) is 1.36. The van der Waals surface area contributed by atoms with E-state index in [0.29, 0.717) is 6.54 Å². The summed E-state index contributed by atoms with van der Waals surface area (Å²) in [6.07, 6.45) is 2.46. The first kappa shape index (κ1) is 8.04. The number of nitrogens with zero attached hydrogens (tertiary/aromatic N) is 1. The fourth-order valence-corrected chi connectivity index (χ4v) is 1.36. The molecule has 0 radical (unpaired) electrons. The van der Waals surface area contributed by atoms with Crippen molar-refractivity contribution in [3.8, 4) is 0 Å². The zero-order valence-corrected chi connectivity index (χ0v) is 6.54. The van der Waals surface area contributed by atoms with Gasteiger partial charge in [0, 0.05) is 13.6 Å². The summed E-state index contributed by atoms with van der Waals surface area (Å²) in [7, 11) is 1.59. The van der Waals surface area contributed by atoms with Crippen molar-refractivity contribution in [1.29, 1.82) is 0 Å². The number of rotatable bonds is 2. The molecule has 1 aliphatic rings. The Morgan fingerprint density at radius 2 is 2.45 bits per heavy atom. The second kappa shape index (κ2) is 3.37. The number of hydrogen-bond acceptors (Lipinski definition) is 2. The van der Waals surface area contributed by atoms with Crippen LogP contribution in [0.25, 0.3) is 0 Å². The quantitative estimate of drug-likeness (QED) is 0.540. The summed E-state index contributed by atoms with van der Waals surface area (Å²) in [4.78, 5) is 23.0. The van der Waals surface area contributed by atoms with Gasteiger partial charge in [-0.05, 0) is 12.8 Å². The summed E-state index contributed by atoms with van der Waals surface area (Å²) >= 11 is 0. The van der Waals surface area contributed by atoms with E-state index in [4.69, 9.17) is 0 Å². The van der Waals surface area contributed by atoms with E-state index in [0.717, 1.165) is 19.3 Å². The van der Waals surface area contributed by atoms with Crippen molar-refractivity contribution in [3.05, 3.63) is 0 Å². The molecule has 2 amide bonds. The molecule has 0 unspecified atom stereocenters. The van der Waals surface area contributed by atoms with Crippen LogP contribution in [-0.2, 0) is 9.59 Å². The maximum absolute atomic E-state index is 11.1. The molecule has 0 bridgehead atoms. The highest BCUT2D eigenvalue weighted by Gasteiger charge is 2.28. The molecular weight excluding hydrogens is 144 g/mol. The Labute approximate surface area is 65.6 Å². The van der Waals surface area contributed by atoms with Gasteiger partial charge in [-0.3, -0.25) is 9.59 Å². The highest BCUT2D eigenvalue weighted by atomic mass is 16.2. The van der Waals surface area contributed by atoms with Crippen molar-refractivity contribution in [2.45, 2.75) is 18.9 Å². The molecule has 0 aliphatic carbocycles. The molecule has 1 atom stereocenters. The van der Waals surface area contributed by atoms with E-state index in [9.17, 15) is 9.59 Å². The van der Waals surface area contributed by atoms with Gasteiger partial charge in [0.15, 0.2) is 0 Å². The lowest BCUT2D eigenvalue weighted by Crippen LogP contribution is -2.41. The maximum Gasteiger partial charge on any atom is 0.242 e. The second-order valence-corrected chi connectivity index (χ2v) is 2.62. The number of carbonyl (C=O) groups is 2. The first-order chi connectivity index (χ1) is 5.29. The highest BCUT2D eigenvalue weighted by Crippen LogP contribution is 2.14. The third-order valence-electron chi connectivity index (χ3n) is 1.98. The van der Waals surface area contributed by atoms with Gasteiger partial charge in [-0.15, -0.1) is 0 Å². The summed E-state index contributed by atoms with van der Waals surface area (Å²) in [6.45, 7) is 0.710. The Hall–Kier alpha value is -1.06. The lowest BCUT2D eigenvalue weighted by atomic mass is 10.2. The van der Waals surface area contributed by atoms with Crippen molar-refractivity contribution in [2.75, 3.05) is 13.6 Å². The minimum Gasteiger partial charge on any atom is -0.357 e. The molecule has 0 saturated carbocycles.